The molecule has 0 aliphatic carbocycles. The summed E-state index contributed by atoms with van der Waals surface area (Å²) >= 11 is 0. The molecule has 0 spiro atoms. The van der Waals surface area contributed by atoms with Gasteiger partial charge in [-0.25, -0.2) is 4.79 Å². The quantitative estimate of drug-likeness (QED) is 0.260. The molecule has 7 heteroatoms. The van der Waals surface area contributed by atoms with Crippen molar-refractivity contribution in [3.63, 3.8) is 0 Å². The third kappa shape index (κ3) is 6.89. The highest BCUT2D eigenvalue weighted by Crippen LogP contribution is 2.29. The van der Waals surface area contributed by atoms with Crippen LogP contribution in [-0.4, -0.2) is 32.2 Å². The Bertz CT molecular complexity index is 974. The molecule has 1 amide bonds. The van der Waals surface area contributed by atoms with Gasteiger partial charge in [0.2, 0.25) is 0 Å². The zero-order valence-electron chi connectivity index (χ0n) is 17.9. The summed E-state index contributed by atoms with van der Waals surface area (Å²) in [7, 11) is 1.54. The topological polar surface area (TPSA) is 97.7 Å². The van der Waals surface area contributed by atoms with E-state index in [9.17, 15) is 14.9 Å². The maximum atomic E-state index is 12.5. The molecular weight excluding hydrogens is 396 g/mol. The molecule has 0 aliphatic rings. The monoisotopic (exact) mass is 422 g/mol. The Morgan fingerprint density at radius 2 is 1.84 bits per heavy atom. The van der Waals surface area contributed by atoms with Crippen LogP contribution in [0.5, 0.6) is 11.5 Å². The zero-order valence-corrected chi connectivity index (χ0v) is 17.9. The summed E-state index contributed by atoms with van der Waals surface area (Å²) in [6, 6.07) is 13.4. The largest absolute Gasteiger partial charge is 0.493 e. The zero-order chi connectivity index (χ0) is 22.6. The number of benzene rings is 2. The minimum Gasteiger partial charge on any atom is -0.493 e. The van der Waals surface area contributed by atoms with Crippen LogP contribution in [0.2, 0.25) is 0 Å². The number of rotatable bonds is 10. The number of esters is 1. The van der Waals surface area contributed by atoms with Crippen molar-refractivity contribution < 1.29 is 23.8 Å². The molecule has 2 rings (SSSR count). The van der Waals surface area contributed by atoms with Gasteiger partial charge in [-0.1, -0.05) is 19.4 Å². The van der Waals surface area contributed by atoms with Gasteiger partial charge < -0.3 is 19.5 Å². The molecule has 0 atom stereocenters. The number of nitrogens with one attached hydrogen (secondary N) is 1. The predicted octanol–water partition coefficient (Wildman–Crippen LogP) is 4.60. The first kappa shape index (κ1) is 23.5. The first-order valence-corrected chi connectivity index (χ1v) is 10.0. The van der Waals surface area contributed by atoms with Gasteiger partial charge in [0.15, 0.2) is 11.5 Å². The Balaban J connectivity index is 2.13. The van der Waals surface area contributed by atoms with Gasteiger partial charge in [-0.05, 0) is 61.4 Å². The molecule has 2 aromatic rings. The van der Waals surface area contributed by atoms with Crippen LogP contribution >= 0.6 is 0 Å². The highest BCUT2D eigenvalue weighted by atomic mass is 16.5. The fraction of sp³-hybridized carbons (Fsp3) is 0.292. The minimum atomic E-state index is -0.561. The maximum absolute atomic E-state index is 12.5. The van der Waals surface area contributed by atoms with Crippen LogP contribution in [0.3, 0.4) is 0 Å². The highest BCUT2D eigenvalue weighted by Gasteiger charge is 2.12. The smallest absolute Gasteiger partial charge is 0.338 e. The lowest BCUT2D eigenvalue weighted by molar-refractivity contribution is -0.112. The van der Waals surface area contributed by atoms with Crippen LogP contribution in [0.25, 0.3) is 6.08 Å². The maximum Gasteiger partial charge on any atom is 0.338 e. The second kappa shape index (κ2) is 12.0. The number of amides is 1. The Labute approximate surface area is 182 Å². The van der Waals surface area contributed by atoms with Crippen molar-refractivity contribution in [2.75, 3.05) is 25.6 Å². The van der Waals surface area contributed by atoms with E-state index in [1.54, 1.807) is 49.4 Å². The minimum absolute atomic E-state index is 0.0730. The summed E-state index contributed by atoms with van der Waals surface area (Å²) in [6.45, 7) is 4.68. The number of nitriles is 1. The Kier molecular flexibility index (Phi) is 9.12. The van der Waals surface area contributed by atoms with Crippen LogP contribution in [0, 0.1) is 11.3 Å². The number of unbranched alkanes of at least 4 members (excludes halogenated alkanes) is 1. The summed E-state index contributed by atoms with van der Waals surface area (Å²) in [6.07, 6.45) is 3.43. The van der Waals surface area contributed by atoms with E-state index in [-0.39, 0.29) is 12.2 Å². The van der Waals surface area contributed by atoms with E-state index < -0.39 is 11.9 Å². The van der Waals surface area contributed by atoms with Crippen molar-refractivity contribution in [1.82, 2.24) is 0 Å². The number of ether oxygens (including phenoxy) is 3. The SMILES string of the molecule is CCCCOc1ccc(/C=C(/C#N)C(=O)Nc2ccc(C(=O)OCC)cc2)cc1OC. The summed E-state index contributed by atoms with van der Waals surface area (Å²) < 4.78 is 16.0. The van der Waals surface area contributed by atoms with Crippen molar-refractivity contribution >= 4 is 23.6 Å². The lowest BCUT2D eigenvalue weighted by Crippen LogP contribution is -2.13. The molecule has 0 radical (unpaired) electrons. The summed E-state index contributed by atoms with van der Waals surface area (Å²) in [5, 5.41) is 12.1. The normalized spacial score (nSPS) is 10.7. The third-order valence-corrected chi connectivity index (χ3v) is 4.27. The van der Waals surface area contributed by atoms with Crippen LogP contribution in [-0.2, 0) is 9.53 Å². The number of hydrogen-bond acceptors (Lipinski definition) is 6. The Hall–Kier alpha value is -3.79. The summed E-state index contributed by atoms with van der Waals surface area (Å²) in [5.74, 6) is 0.137. The van der Waals surface area contributed by atoms with Crippen LogP contribution in [0.1, 0.15) is 42.6 Å². The first-order chi connectivity index (χ1) is 15.0. The molecule has 0 saturated carbocycles. The van der Waals surface area contributed by atoms with E-state index in [2.05, 4.69) is 12.2 Å². The van der Waals surface area contributed by atoms with Gasteiger partial charge in [-0.15, -0.1) is 0 Å². The van der Waals surface area contributed by atoms with E-state index in [0.29, 0.717) is 34.9 Å². The number of carbonyl (C=O) groups excluding carboxylic acids is 2. The van der Waals surface area contributed by atoms with Crippen LogP contribution < -0.4 is 14.8 Å². The molecule has 162 valence electrons. The van der Waals surface area contributed by atoms with Crippen LogP contribution in [0.15, 0.2) is 48.0 Å². The molecule has 0 heterocycles. The number of nitrogens with zero attached hydrogens (tertiary/aromatic N) is 1. The van der Waals surface area contributed by atoms with E-state index in [1.807, 2.05) is 6.07 Å². The van der Waals surface area contributed by atoms with Crippen molar-refractivity contribution in [2.45, 2.75) is 26.7 Å². The van der Waals surface area contributed by atoms with Gasteiger partial charge in [-0.2, -0.15) is 5.26 Å². The average molecular weight is 422 g/mol. The molecule has 0 saturated heterocycles. The first-order valence-electron chi connectivity index (χ1n) is 10.0. The van der Waals surface area contributed by atoms with Gasteiger partial charge in [0.05, 0.1) is 25.9 Å². The van der Waals surface area contributed by atoms with E-state index in [1.165, 1.54) is 13.2 Å². The van der Waals surface area contributed by atoms with Gasteiger partial charge >= 0.3 is 5.97 Å². The Morgan fingerprint density at radius 3 is 2.45 bits per heavy atom. The van der Waals surface area contributed by atoms with Gasteiger partial charge in [0.25, 0.3) is 5.91 Å². The Morgan fingerprint density at radius 1 is 1.10 bits per heavy atom. The van der Waals surface area contributed by atoms with Crippen molar-refractivity contribution in [3.05, 3.63) is 59.2 Å². The van der Waals surface area contributed by atoms with E-state index in [4.69, 9.17) is 14.2 Å². The molecule has 1 N–H and O–H groups in total. The molecule has 0 aliphatic heterocycles. The van der Waals surface area contributed by atoms with Gasteiger partial charge in [-0.3, -0.25) is 4.79 Å². The molecule has 0 fully saturated rings. The fourth-order valence-corrected chi connectivity index (χ4v) is 2.64. The van der Waals surface area contributed by atoms with E-state index in [0.717, 1.165) is 12.8 Å². The van der Waals surface area contributed by atoms with Gasteiger partial charge in [0, 0.05) is 5.69 Å². The standard InChI is InChI=1S/C24H26N2O5/c1-4-6-13-31-21-12-7-17(15-22(21)29-3)14-19(16-25)23(27)26-20-10-8-18(9-11-20)24(28)30-5-2/h7-12,14-15H,4-6,13H2,1-3H3,(H,26,27)/b19-14-. The molecule has 0 aromatic heterocycles. The molecular formula is C24H26N2O5. The number of methoxy groups -OCH3 is 1. The second-order valence-corrected chi connectivity index (χ2v) is 6.53. The lowest BCUT2D eigenvalue weighted by atomic mass is 10.1. The molecule has 0 unspecified atom stereocenters. The lowest BCUT2D eigenvalue weighted by Gasteiger charge is -2.11. The van der Waals surface area contributed by atoms with Crippen LogP contribution in [0.4, 0.5) is 5.69 Å². The fourth-order valence-electron chi connectivity index (χ4n) is 2.64. The third-order valence-electron chi connectivity index (χ3n) is 4.27. The molecule has 2 aromatic carbocycles. The van der Waals surface area contributed by atoms with Gasteiger partial charge in [0.1, 0.15) is 11.6 Å². The average Bonchev–Trinajstić information content (AvgIpc) is 2.78. The summed E-state index contributed by atoms with van der Waals surface area (Å²) in [4.78, 5) is 24.2. The van der Waals surface area contributed by atoms with Crippen molar-refractivity contribution in [3.8, 4) is 17.6 Å². The highest BCUT2D eigenvalue weighted by molar-refractivity contribution is 6.09. The van der Waals surface area contributed by atoms with E-state index >= 15 is 0 Å². The second-order valence-electron chi connectivity index (χ2n) is 6.53. The molecule has 7 nitrogen and oxygen atoms in total. The van der Waals surface area contributed by atoms with Crippen molar-refractivity contribution in [1.29, 1.82) is 5.26 Å². The predicted molar refractivity (Wildman–Crippen MR) is 118 cm³/mol. The number of anilines is 1. The number of hydrogen-bond donors (Lipinski definition) is 1. The summed E-state index contributed by atoms with van der Waals surface area (Å²) in [5.41, 5.74) is 1.39. The molecule has 31 heavy (non-hydrogen) atoms. The molecule has 0 bridgehead atoms. The van der Waals surface area contributed by atoms with Crippen molar-refractivity contribution in [2.24, 2.45) is 0 Å². The number of carbonyl (C=O) groups is 2.